The molecule has 8 nitrogen and oxygen atoms in total. The molecule has 6 rings (SSSR count). The molecule has 42 heavy (non-hydrogen) atoms. The summed E-state index contributed by atoms with van der Waals surface area (Å²) < 4.78 is 2.21. The van der Waals surface area contributed by atoms with E-state index in [9.17, 15) is 10.1 Å². The van der Waals surface area contributed by atoms with Gasteiger partial charge in [0.15, 0.2) is 5.11 Å². The number of non-ortho nitro benzene ring substituents is 1. The Hall–Kier alpha value is -4.54. The van der Waals surface area contributed by atoms with Crippen molar-refractivity contribution in [3.8, 4) is 5.82 Å². The summed E-state index contributed by atoms with van der Waals surface area (Å²) in [6, 6.07) is 26.7. The van der Waals surface area contributed by atoms with Gasteiger partial charge < -0.3 is 14.8 Å². The van der Waals surface area contributed by atoms with Crippen LogP contribution in [0.5, 0.6) is 0 Å². The topological polar surface area (TPSA) is 89.1 Å². The van der Waals surface area contributed by atoms with E-state index in [0.717, 1.165) is 49.5 Å². The molecule has 210 valence electrons. The third kappa shape index (κ3) is 5.15. The first-order valence-corrected chi connectivity index (χ1v) is 14.7. The standard InChI is InChI=1S/C32H28N6O2S2/c1-20-7-6-18-34-31(20)36-21(2)19-27(22(36)3)30-29(28-8-4-5-17-33-28)35-32(41)37(30)23-9-13-25(14-10-23)42-26-15-11-24(12-16-26)38(39)40/h4-19,29-30H,1-3H3,(H,35,41)/t29-,30-/m0/s1. The minimum atomic E-state index is -0.389. The van der Waals surface area contributed by atoms with Crippen molar-refractivity contribution in [2.24, 2.45) is 0 Å². The highest BCUT2D eigenvalue weighted by molar-refractivity contribution is 7.99. The maximum atomic E-state index is 11.0. The highest BCUT2D eigenvalue weighted by atomic mass is 32.2. The highest BCUT2D eigenvalue weighted by Gasteiger charge is 2.42. The molecule has 1 aliphatic rings. The van der Waals surface area contributed by atoms with Gasteiger partial charge in [-0.3, -0.25) is 15.1 Å². The lowest BCUT2D eigenvalue weighted by Crippen LogP contribution is -2.29. The molecular weight excluding hydrogens is 565 g/mol. The van der Waals surface area contributed by atoms with Gasteiger partial charge in [0.25, 0.3) is 5.69 Å². The number of thiocarbonyl (C=S) groups is 1. The van der Waals surface area contributed by atoms with E-state index in [2.05, 4.69) is 72.0 Å². The van der Waals surface area contributed by atoms with Gasteiger partial charge in [0, 0.05) is 51.4 Å². The molecule has 10 heteroatoms. The molecule has 0 radical (unpaired) electrons. The zero-order valence-electron chi connectivity index (χ0n) is 23.3. The summed E-state index contributed by atoms with van der Waals surface area (Å²) in [5, 5.41) is 15.2. The third-order valence-corrected chi connectivity index (χ3v) is 8.81. The number of benzene rings is 2. The molecule has 0 spiro atoms. The van der Waals surface area contributed by atoms with Gasteiger partial charge in [-0.25, -0.2) is 4.98 Å². The summed E-state index contributed by atoms with van der Waals surface area (Å²) in [5.41, 5.74) is 6.39. The summed E-state index contributed by atoms with van der Waals surface area (Å²) in [5.74, 6) is 0.917. The van der Waals surface area contributed by atoms with Gasteiger partial charge in [0.1, 0.15) is 5.82 Å². The van der Waals surface area contributed by atoms with Crippen LogP contribution in [0.1, 0.15) is 40.3 Å². The first kappa shape index (κ1) is 27.6. The quantitative estimate of drug-likeness (QED) is 0.119. The first-order valence-electron chi connectivity index (χ1n) is 13.5. The zero-order chi connectivity index (χ0) is 29.4. The van der Waals surface area contributed by atoms with Crippen molar-refractivity contribution in [3.63, 3.8) is 0 Å². The van der Waals surface area contributed by atoms with Gasteiger partial charge in [-0.15, -0.1) is 0 Å². The number of nitrogens with zero attached hydrogens (tertiary/aromatic N) is 5. The van der Waals surface area contributed by atoms with E-state index in [4.69, 9.17) is 22.2 Å². The number of aryl methyl sites for hydroxylation is 2. The maximum absolute atomic E-state index is 11.0. The van der Waals surface area contributed by atoms with Gasteiger partial charge in [0.2, 0.25) is 0 Å². The summed E-state index contributed by atoms with van der Waals surface area (Å²) in [4.78, 5) is 24.1. The van der Waals surface area contributed by atoms with Crippen LogP contribution in [0.4, 0.5) is 11.4 Å². The number of nitrogens with one attached hydrogen (secondary N) is 1. The van der Waals surface area contributed by atoms with Crippen LogP contribution in [-0.4, -0.2) is 24.6 Å². The molecule has 5 aromatic rings. The Bertz CT molecular complexity index is 1770. The van der Waals surface area contributed by atoms with Crippen LogP contribution < -0.4 is 10.2 Å². The van der Waals surface area contributed by atoms with Crippen LogP contribution in [0.15, 0.2) is 107 Å². The number of pyridine rings is 2. The Labute approximate surface area is 253 Å². The summed E-state index contributed by atoms with van der Waals surface area (Å²) in [6.45, 7) is 6.32. The SMILES string of the molecule is Cc1cccnc1-n1c(C)cc([C@H]2[C@H](c3ccccn3)NC(=S)N2c2ccc(Sc3ccc([N+](=O)[O-])cc3)cc2)c1C. The molecule has 0 saturated carbocycles. The lowest BCUT2D eigenvalue weighted by Gasteiger charge is -2.28. The maximum Gasteiger partial charge on any atom is 0.269 e. The summed E-state index contributed by atoms with van der Waals surface area (Å²) in [7, 11) is 0. The highest BCUT2D eigenvalue weighted by Crippen LogP contribution is 2.44. The van der Waals surface area contributed by atoms with Crippen LogP contribution in [-0.2, 0) is 0 Å². The van der Waals surface area contributed by atoms with E-state index in [0.29, 0.717) is 5.11 Å². The lowest BCUT2D eigenvalue weighted by atomic mass is 9.96. The second-order valence-electron chi connectivity index (χ2n) is 10.1. The first-order chi connectivity index (χ1) is 20.3. The normalized spacial score (nSPS) is 16.5. The van der Waals surface area contributed by atoms with E-state index in [1.165, 1.54) is 12.1 Å². The van der Waals surface area contributed by atoms with Crippen molar-refractivity contribution in [1.29, 1.82) is 0 Å². The van der Waals surface area contributed by atoms with Gasteiger partial charge in [-0.2, -0.15) is 0 Å². The number of nitro benzene ring substituents is 1. The predicted octanol–water partition coefficient (Wildman–Crippen LogP) is 7.43. The predicted molar refractivity (Wildman–Crippen MR) is 169 cm³/mol. The number of aromatic nitrogens is 3. The molecule has 1 saturated heterocycles. The number of rotatable bonds is 7. The molecule has 4 heterocycles. The minimum Gasteiger partial charge on any atom is -0.351 e. The molecule has 3 aromatic heterocycles. The largest absolute Gasteiger partial charge is 0.351 e. The average Bonchev–Trinajstić information content (AvgIpc) is 3.49. The fraction of sp³-hybridized carbons (Fsp3) is 0.156. The molecule has 0 aliphatic carbocycles. The van der Waals surface area contributed by atoms with Crippen molar-refractivity contribution in [1.82, 2.24) is 19.9 Å². The van der Waals surface area contributed by atoms with E-state index in [1.54, 1.807) is 23.9 Å². The van der Waals surface area contributed by atoms with Gasteiger partial charge >= 0.3 is 0 Å². The van der Waals surface area contributed by atoms with Crippen molar-refractivity contribution in [2.75, 3.05) is 4.90 Å². The molecule has 1 fully saturated rings. The number of hydrogen-bond donors (Lipinski definition) is 1. The Morgan fingerprint density at radius 3 is 2.24 bits per heavy atom. The molecule has 2 aromatic carbocycles. The molecule has 1 N–H and O–H groups in total. The Kier molecular flexibility index (Phi) is 7.49. The van der Waals surface area contributed by atoms with Gasteiger partial charge in [0.05, 0.1) is 22.7 Å². The fourth-order valence-electron chi connectivity index (χ4n) is 5.52. The monoisotopic (exact) mass is 592 g/mol. The summed E-state index contributed by atoms with van der Waals surface area (Å²) >= 11 is 7.50. The number of anilines is 1. The van der Waals surface area contributed by atoms with E-state index in [1.807, 2.05) is 36.7 Å². The van der Waals surface area contributed by atoms with Crippen molar-refractivity contribution in [3.05, 3.63) is 136 Å². The second-order valence-corrected chi connectivity index (χ2v) is 11.7. The van der Waals surface area contributed by atoms with E-state index >= 15 is 0 Å². The zero-order valence-corrected chi connectivity index (χ0v) is 24.9. The molecular formula is C32H28N6O2S2. The molecule has 0 amide bonds. The number of hydrogen-bond acceptors (Lipinski definition) is 6. The second kappa shape index (κ2) is 11.4. The number of nitro groups is 1. The summed E-state index contributed by atoms with van der Waals surface area (Å²) in [6.07, 6.45) is 3.64. The van der Waals surface area contributed by atoms with Crippen LogP contribution in [0, 0.1) is 30.9 Å². The van der Waals surface area contributed by atoms with Crippen molar-refractivity contribution in [2.45, 2.75) is 42.6 Å². The molecule has 1 aliphatic heterocycles. The Balaban J connectivity index is 1.38. The molecule has 2 atom stereocenters. The van der Waals surface area contributed by atoms with Crippen LogP contribution in [0.3, 0.4) is 0 Å². The lowest BCUT2D eigenvalue weighted by molar-refractivity contribution is -0.384. The van der Waals surface area contributed by atoms with Crippen LogP contribution in [0.25, 0.3) is 5.82 Å². The smallest absolute Gasteiger partial charge is 0.269 e. The van der Waals surface area contributed by atoms with E-state index in [-0.39, 0.29) is 22.7 Å². The Morgan fingerprint density at radius 1 is 0.905 bits per heavy atom. The fourth-order valence-corrected chi connectivity index (χ4v) is 6.68. The van der Waals surface area contributed by atoms with Crippen molar-refractivity contribution < 1.29 is 4.92 Å². The van der Waals surface area contributed by atoms with Crippen LogP contribution in [0.2, 0.25) is 0 Å². The molecule has 0 bridgehead atoms. The molecule has 0 unspecified atom stereocenters. The van der Waals surface area contributed by atoms with Gasteiger partial charge in [-0.05, 0) is 105 Å². The van der Waals surface area contributed by atoms with Crippen molar-refractivity contribution >= 4 is 40.5 Å². The third-order valence-electron chi connectivity index (χ3n) is 7.48. The Morgan fingerprint density at radius 2 is 1.60 bits per heavy atom. The van der Waals surface area contributed by atoms with Crippen LogP contribution >= 0.6 is 24.0 Å². The van der Waals surface area contributed by atoms with E-state index < -0.39 is 0 Å². The average molecular weight is 593 g/mol. The minimum absolute atomic E-state index is 0.0795. The van der Waals surface area contributed by atoms with Gasteiger partial charge in [-0.1, -0.05) is 23.9 Å².